The lowest BCUT2D eigenvalue weighted by Crippen LogP contribution is -2.32. The summed E-state index contributed by atoms with van der Waals surface area (Å²) >= 11 is 2.10. The summed E-state index contributed by atoms with van der Waals surface area (Å²) in [6.07, 6.45) is 6.97. The second-order valence-corrected chi connectivity index (χ2v) is 9.57. The van der Waals surface area contributed by atoms with Crippen LogP contribution in [0.25, 0.3) is 0 Å². The summed E-state index contributed by atoms with van der Waals surface area (Å²) in [5, 5.41) is 0. The van der Waals surface area contributed by atoms with E-state index in [2.05, 4.69) is 50.7 Å². The van der Waals surface area contributed by atoms with Crippen molar-refractivity contribution < 1.29 is 0 Å². The van der Waals surface area contributed by atoms with Crippen LogP contribution in [-0.4, -0.2) is 67.1 Å². The van der Waals surface area contributed by atoms with Crippen molar-refractivity contribution in [1.82, 2.24) is 9.80 Å². The maximum atomic E-state index is 2.71. The summed E-state index contributed by atoms with van der Waals surface area (Å²) in [7, 11) is 0. The minimum Gasteiger partial charge on any atom is -0.372 e. The Morgan fingerprint density at radius 1 is 0.846 bits per heavy atom. The van der Waals surface area contributed by atoms with Crippen LogP contribution in [0.15, 0.2) is 24.3 Å². The molecule has 144 valence electrons. The van der Waals surface area contributed by atoms with Gasteiger partial charge in [0.15, 0.2) is 0 Å². The van der Waals surface area contributed by atoms with Crippen LogP contribution >= 0.6 is 11.8 Å². The molecule has 0 aromatic heterocycles. The Morgan fingerprint density at radius 3 is 2.54 bits per heavy atom. The lowest BCUT2D eigenvalue weighted by atomic mass is 10.0. The van der Waals surface area contributed by atoms with Crippen LogP contribution in [0.4, 0.5) is 5.69 Å². The topological polar surface area (TPSA) is 9.72 Å². The van der Waals surface area contributed by atoms with Crippen molar-refractivity contribution in [2.24, 2.45) is 5.92 Å². The number of nitrogens with zero attached hydrogens (tertiary/aromatic N) is 3. The van der Waals surface area contributed by atoms with Gasteiger partial charge in [-0.05, 0) is 68.8 Å². The lowest BCUT2D eigenvalue weighted by Gasteiger charge is -2.27. The Hall–Kier alpha value is -0.710. The van der Waals surface area contributed by atoms with Gasteiger partial charge < -0.3 is 9.80 Å². The predicted molar refractivity (Wildman–Crippen MR) is 114 cm³/mol. The smallest absolute Gasteiger partial charge is 0.0369 e. The Balaban J connectivity index is 1.32. The highest BCUT2D eigenvalue weighted by Crippen LogP contribution is 2.25. The highest BCUT2D eigenvalue weighted by Gasteiger charge is 2.21. The van der Waals surface area contributed by atoms with Crippen LogP contribution in [0, 0.1) is 5.92 Å². The molecule has 3 heterocycles. The number of hydrogen-bond acceptors (Lipinski definition) is 4. The van der Waals surface area contributed by atoms with Crippen molar-refractivity contribution in [3.05, 3.63) is 29.8 Å². The molecule has 3 aliphatic heterocycles. The molecule has 3 saturated heterocycles. The molecule has 0 aliphatic carbocycles. The van der Waals surface area contributed by atoms with Gasteiger partial charge >= 0.3 is 0 Å². The Bertz CT molecular complexity index is 552. The van der Waals surface area contributed by atoms with Gasteiger partial charge in [0.2, 0.25) is 0 Å². The summed E-state index contributed by atoms with van der Waals surface area (Å²) in [4.78, 5) is 7.97. The average molecular weight is 374 g/mol. The number of rotatable bonds is 5. The molecule has 1 aromatic carbocycles. The fraction of sp³-hybridized carbons (Fsp3) is 0.727. The molecule has 0 N–H and O–H groups in total. The van der Waals surface area contributed by atoms with Gasteiger partial charge in [-0.15, -0.1) is 0 Å². The molecule has 26 heavy (non-hydrogen) atoms. The van der Waals surface area contributed by atoms with Gasteiger partial charge in [0, 0.05) is 56.5 Å². The van der Waals surface area contributed by atoms with Gasteiger partial charge in [0.1, 0.15) is 0 Å². The number of hydrogen-bond donors (Lipinski definition) is 0. The second-order valence-electron chi connectivity index (χ2n) is 8.35. The van der Waals surface area contributed by atoms with Crippen LogP contribution in [0.1, 0.15) is 37.7 Å². The number of benzene rings is 1. The average Bonchev–Trinajstić information content (AvgIpc) is 3.07. The molecular weight excluding hydrogens is 338 g/mol. The molecule has 4 rings (SSSR count). The molecule has 3 aliphatic rings. The van der Waals surface area contributed by atoms with E-state index in [9.17, 15) is 0 Å². The zero-order valence-electron chi connectivity index (χ0n) is 16.2. The van der Waals surface area contributed by atoms with Crippen molar-refractivity contribution >= 4 is 17.4 Å². The zero-order chi connectivity index (χ0) is 17.6. The van der Waals surface area contributed by atoms with E-state index in [1.165, 1.54) is 101 Å². The summed E-state index contributed by atoms with van der Waals surface area (Å²) in [6, 6.07) is 9.38. The zero-order valence-corrected chi connectivity index (χ0v) is 17.1. The van der Waals surface area contributed by atoms with Crippen molar-refractivity contribution in [1.29, 1.82) is 0 Å². The highest BCUT2D eigenvalue weighted by atomic mass is 32.2. The van der Waals surface area contributed by atoms with E-state index < -0.39 is 0 Å². The van der Waals surface area contributed by atoms with Gasteiger partial charge in [-0.25, -0.2) is 0 Å². The van der Waals surface area contributed by atoms with Crippen LogP contribution in [0.3, 0.4) is 0 Å². The van der Waals surface area contributed by atoms with Crippen LogP contribution < -0.4 is 4.90 Å². The van der Waals surface area contributed by atoms with Gasteiger partial charge in [-0.2, -0.15) is 11.8 Å². The monoisotopic (exact) mass is 373 g/mol. The molecule has 0 radical (unpaired) electrons. The number of anilines is 1. The van der Waals surface area contributed by atoms with E-state index in [4.69, 9.17) is 0 Å². The summed E-state index contributed by atoms with van der Waals surface area (Å²) < 4.78 is 0. The maximum Gasteiger partial charge on any atom is 0.0369 e. The van der Waals surface area contributed by atoms with E-state index in [0.717, 1.165) is 12.5 Å². The molecule has 4 heteroatoms. The van der Waals surface area contributed by atoms with Gasteiger partial charge in [0.25, 0.3) is 0 Å². The first-order valence-electron chi connectivity index (χ1n) is 10.7. The third-order valence-electron chi connectivity index (χ3n) is 6.35. The van der Waals surface area contributed by atoms with Gasteiger partial charge in [-0.1, -0.05) is 12.1 Å². The molecule has 0 saturated carbocycles. The predicted octanol–water partition coefficient (Wildman–Crippen LogP) is 3.94. The van der Waals surface area contributed by atoms with Crippen molar-refractivity contribution in [3.8, 4) is 0 Å². The molecule has 1 unspecified atom stereocenters. The fourth-order valence-electron chi connectivity index (χ4n) is 4.81. The molecule has 0 bridgehead atoms. The van der Waals surface area contributed by atoms with E-state index in [-0.39, 0.29) is 0 Å². The molecule has 3 nitrogen and oxygen atoms in total. The van der Waals surface area contributed by atoms with Gasteiger partial charge in [0.05, 0.1) is 0 Å². The van der Waals surface area contributed by atoms with Crippen LogP contribution in [0.2, 0.25) is 0 Å². The standard InChI is InChI=1S/C22H35N3S/c1-2-10-23(9-1)18-20-6-4-11-25(12-8-20)22-7-3-5-21(17-22)19-24-13-15-26-16-14-24/h3,5,7,17,20H,1-2,4,6,8-16,18-19H2. The van der Waals surface area contributed by atoms with Crippen molar-refractivity contribution in [2.45, 2.75) is 38.6 Å². The Morgan fingerprint density at radius 2 is 1.69 bits per heavy atom. The Kier molecular flexibility index (Phi) is 6.79. The normalized spacial score (nSPS) is 26.2. The van der Waals surface area contributed by atoms with Crippen molar-refractivity contribution in [2.75, 3.05) is 62.2 Å². The number of likely N-dealkylation sites (tertiary alicyclic amines) is 1. The van der Waals surface area contributed by atoms with E-state index in [0.29, 0.717) is 0 Å². The minimum atomic E-state index is 0.909. The SMILES string of the molecule is c1cc(CN2CCSCC2)cc(N2CCCC(CN3CCCC3)CC2)c1. The summed E-state index contributed by atoms with van der Waals surface area (Å²) in [6.45, 7) is 10.1. The first-order valence-corrected chi connectivity index (χ1v) is 11.9. The summed E-state index contributed by atoms with van der Waals surface area (Å²) in [5.74, 6) is 3.50. The van der Waals surface area contributed by atoms with Crippen LogP contribution in [-0.2, 0) is 6.54 Å². The third kappa shape index (κ3) is 5.17. The molecule has 0 amide bonds. The third-order valence-corrected chi connectivity index (χ3v) is 7.29. The molecule has 3 fully saturated rings. The summed E-state index contributed by atoms with van der Waals surface area (Å²) in [5.41, 5.74) is 2.95. The second kappa shape index (κ2) is 9.48. The fourth-order valence-corrected chi connectivity index (χ4v) is 5.78. The molecule has 0 spiro atoms. The minimum absolute atomic E-state index is 0.909. The van der Waals surface area contributed by atoms with E-state index in [1.54, 1.807) is 0 Å². The molecular formula is C22H35N3S. The van der Waals surface area contributed by atoms with E-state index in [1.807, 2.05) is 0 Å². The molecule has 1 atom stereocenters. The van der Waals surface area contributed by atoms with Gasteiger partial charge in [-0.3, -0.25) is 4.90 Å². The Labute approximate surface area is 164 Å². The quantitative estimate of drug-likeness (QED) is 0.773. The first-order chi connectivity index (χ1) is 12.9. The first kappa shape index (κ1) is 18.6. The lowest BCUT2D eigenvalue weighted by molar-refractivity contribution is 0.264. The van der Waals surface area contributed by atoms with Crippen molar-refractivity contribution in [3.63, 3.8) is 0 Å². The molecule has 1 aromatic rings. The largest absolute Gasteiger partial charge is 0.372 e. The number of thioether (sulfide) groups is 1. The van der Waals surface area contributed by atoms with Crippen LogP contribution in [0.5, 0.6) is 0 Å². The highest BCUT2D eigenvalue weighted by molar-refractivity contribution is 7.99. The maximum absolute atomic E-state index is 2.71. The van der Waals surface area contributed by atoms with E-state index >= 15 is 0 Å².